The zero-order valence-electron chi connectivity index (χ0n) is 19.5. The van der Waals surface area contributed by atoms with Gasteiger partial charge in [0, 0.05) is 18.2 Å². The van der Waals surface area contributed by atoms with Gasteiger partial charge >= 0.3 is 0 Å². The molecule has 1 aliphatic rings. The molecule has 174 valence electrons. The lowest BCUT2D eigenvalue weighted by Crippen LogP contribution is -2.41. The number of thioether (sulfide) groups is 1. The van der Waals surface area contributed by atoms with Gasteiger partial charge in [0.1, 0.15) is 0 Å². The van der Waals surface area contributed by atoms with E-state index in [4.69, 9.17) is 0 Å². The van der Waals surface area contributed by atoms with E-state index in [1.54, 1.807) is 12.1 Å². The molecule has 8 heteroatoms. The summed E-state index contributed by atoms with van der Waals surface area (Å²) in [7, 11) is 0. The van der Waals surface area contributed by atoms with Gasteiger partial charge in [-0.15, -0.1) is 10.2 Å². The van der Waals surface area contributed by atoms with Gasteiger partial charge in [-0.1, -0.05) is 63.6 Å². The highest BCUT2D eigenvalue weighted by Gasteiger charge is 2.27. The van der Waals surface area contributed by atoms with E-state index in [9.17, 15) is 9.59 Å². The number of rotatable bonds is 9. The van der Waals surface area contributed by atoms with E-state index < -0.39 is 0 Å². The van der Waals surface area contributed by atoms with Crippen LogP contribution in [-0.4, -0.2) is 38.4 Å². The Morgan fingerprint density at radius 2 is 1.88 bits per heavy atom. The minimum Gasteiger partial charge on any atom is -0.352 e. The summed E-state index contributed by atoms with van der Waals surface area (Å²) in [5, 5.41) is 15.8. The summed E-state index contributed by atoms with van der Waals surface area (Å²) in [6.45, 7) is 9.01. The van der Waals surface area contributed by atoms with Crippen molar-refractivity contribution in [2.45, 2.75) is 77.2 Å². The maximum atomic E-state index is 12.7. The number of nitrogens with zero attached hydrogens (tertiary/aromatic N) is 3. The summed E-state index contributed by atoms with van der Waals surface area (Å²) < 4.78 is 2.00. The van der Waals surface area contributed by atoms with E-state index in [1.165, 1.54) is 31.0 Å². The minimum atomic E-state index is -0.276. The molecule has 0 unspecified atom stereocenters. The van der Waals surface area contributed by atoms with Gasteiger partial charge in [-0.3, -0.25) is 9.59 Å². The van der Waals surface area contributed by atoms with Crippen LogP contribution in [0.25, 0.3) is 0 Å². The van der Waals surface area contributed by atoms with E-state index in [0.29, 0.717) is 28.9 Å². The fourth-order valence-electron chi connectivity index (χ4n) is 4.19. The Kier molecular flexibility index (Phi) is 8.73. The topological polar surface area (TPSA) is 88.9 Å². The fraction of sp³-hybridized carbons (Fsp3) is 0.583. The van der Waals surface area contributed by atoms with E-state index in [1.807, 2.05) is 29.7 Å². The average molecular weight is 458 g/mol. The lowest BCUT2D eigenvalue weighted by Gasteiger charge is -2.29. The van der Waals surface area contributed by atoms with Crippen molar-refractivity contribution in [1.29, 1.82) is 0 Å². The third-order valence-corrected chi connectivity index (χ3v) is 7.09. The molecule has 1 aliphatic carbocycles. The summed E-state index contributed by atoms with van der Waals surface area (Å²) in [6, 6.07) is 9.17. The molecule has 2 amide bonds. The number of carbonyl (C=O) groups excluding carboxylic acids is 2. The lowest BCUT2D eigenvalue weighted by molar-refractivity contribution is -0.119. The van der Waals surface area contributed by atoms with Crippen LogP contribution in [0.3, 0.4) is 0 Å². The van der Waals surface area contributed by atoms with E-state index in [-0.39, 0.29) is 29.8 Å². The first-order chi connectivity index (χ1) is 15.4. The van der Waals surface area contributed by atoms with Crippen LogP contribution in [-0.2, 0) is 11.3 Å². The molecule has 0 bridgehead atoms. The molecular formula is C24H35N5O2S. The monoisotopic (exact) mass is 457 g/mol. The minimum absolute atomic E-state index is 0.0405. The fourth-order valence-corrected chi connectivity index (χ4v) is 5.01. The molecule has 1 aromatic carbocycles. The third kappa shape index (κ3) is 6.12. The lowest BCUT2D eigenvalue weighted by atomic mass is 9.86. The quantitative estimate of drug-likeness (QED) is 0.551. The van der Waals surface area contributed by atoms with Crippen molar-refractivity contribution < 1.29 is 9.59 Å². The first-order valence-electron chi connectivity index (χ1n) is 11.6. The summed E-state index contributed by atoms with van der Waals surface area (Å²) in [4.78, 5) is 25.3. The summed E-state index contributed by atoms with van der Waals surface area (Å²) in [6.07, 6.45) is 4.67. The van der Waals surface area contributed by atoms with Crippen LogP contribution in [0.4, 0.5) is 0 Å². The van der Waals surface area contributed by atoms with Gasteiger partial charge in [0.2, 0.25) is 5.91 Å². The molecule has 0 aliphatic heterocycles. The Balaban J connectivity index is 1.66. The number of nitrogens with one attached hydrogen (secondary N) is 2. The Morgan fingerprint density at radius 3 is 2.53 bits per heavy atom. The number of hydrogen-bond acceptors (Lipinski definition) is 5. The summed E-state index contributed by atoms with van der Waals surface area (Å²) >= 11 is 1.40. The SMILES string of the molecule is CCn1c(SCC(=O)N[C@@H]2CCCC[C@H]2C)nnc1[C@@H](NC(=O)c1ccccc1)C(C)C. The van der Waals surface area contributed by atoms with Gasteiger partial charge in [-0.05, 0) is 43.7 Å². The molecule has 2 aromatic rings. The normalized spacial score (nSPS) is 19.5. The van der Waals surface area contributed by atoms with Crippen LogP contribution >= 0.6 is 11.8 Å². The van der Waals surface area contributed by atoms with Gasteiger partial charge in [0.15, 0.2) is 11.0 Å². The molecule has 0 radical (unpaired) electrons. The molecule has 2 N–H and O–H groups in total. The second-order valence-electron chi connectivity index (χ2n) is 8.87. The molecule has 1 fully saturated rings. The second-order valence-corrected chi connectivity index (χ2v) is 9.81. The predicted molar refractivity (Wildman–Crippen MR) is 127 cm³/mol. The van der Waals surface area contributed by atoms with E-state index in [2.05, 4.69) is 41.6 Å². The first-order valence-corrected chi connectivity index (χ1v) is 12.6. The van der Waals surface area contributed by atoms with Crippen LogP contribution in [0.15, 0.2) is 35.5 Å². The Hall–Kier alpha value is -2.35. The molecule has 0 saturated heterocycles. The molecule has 32 heavy (non-hydrogen) atoms. The molecule has 3 rings (SSSR count). The number of hydrogen-bond donors (Lipinski definition) is 2. The zero-order valence-corrected chi connectivity index (χ0v) is 20.3. The van der Waals surface area contributed by atoms with Crippen LogP contribution in [0, 0.1) is 11.8 Å². The van der Waals surface area contributed by atoms with Crippen molar-refractivity contribution in [2.75, 3.05) is 5.75 Å². The summed E-state index contributed by atoms with van der Waals surface area (Å²) in [5.74, 6) is 1.60. The van der Waals surface area contributed by atoms with Crippen molar-refractivity contribution in [2.24, 2.45) is 11.8 Å². The molecule has 3 atom stereocenters. The highest BCUT2D eigenvalue weighted by atomic mass is 32.2. The van der Waals surface area contributed by atoms with Crippen molar-refractivity contribution in [1.82, 2.24) is 25.4 Å². The van der Waals surface area contributed by atoms with Gasteiger partial charge in [0.25, 0.3) is 5.91 Å². The maximum absolute atomic E-state index is 12.7. The van der Waals surface area contributed by atoms with Gasteiger partial charge in [-0.2, -0.15) is 0 Å². The van der Waals surface area contributed by atoms with Crippen LogP contribution in [0.5, 0.6) is 0 Å². The molecule has 7 nitrogen and oxygen atoms in total. The Labute approximate surface area is 195 Å². The smallest absolute Gasteiger partial charge is 0.251 e. The van der Waals surface area contributed by atoms with Crippen molar-refractivity contribution in [3.63, 3.8) is 0 Å². The first kappa shape index (κ1) is 24.3. The number of aromatic nitrogens is 3. The molecule has 1 saturated carbocycles. The standard InChI is InChI=1S/C24H35N5O2S/c1-5-29-22(21(16(2)3)26-23(31)18-12-7-6-8-13-18)27-28-24(29)32-15-20(30)25-19-14-10-9-11-17(19)4/h6-8,12-13,16-17,19,21H,5,9-11,14-15H2,1-4H3,(H,25,30)(H,26,31)/t17-,19-,21+/m1/s1. The van der Waals surface area contributed by atoms with Gasteiger partial charge < -0.3 is 15.2 Å². The number of amides is 2. The molecule has 1 heterocycles. The predicted octanol–water partition coefficient (Wildman–Crippen LogP) is 4.21. The van der Waals surface area contributed by atoms with Crippen molar-refractivity contribution >= 4 is 23.6 Å². The van der Waals surface area contributed by atoms with Crippen LogP contribution < -0.4 is 10.6 Å². The molecular weight excluding hydrogens is 422 g/mol. The van der Waals surface area contributed by atoms with Crippen LogP contribution in [0.2, 0.25) is 0 Å². The highest BCUT2D eigenvalue weighted by Crippen LogP contribution is 2.26. The highest BCUT2D eigenvalue weighted by molar-refractivity contribution is 7.99. The largest absolute Gasteiger partial charge is 0.352 e. The Morgan fingerprint density at radius 1 is 1.16 bits per heavy atom. The number of benzene rings is 1. The summed E-state index contributed by atoms with van der Waals surface area (Å²) in [5.41, 5.74) is 0.615. The van der Waals surface area contributed by atoms with Gasteiger partial charge in [0.05, 0.1) is 11.8 Å². The van der Waals surface area contributed by atoms with E-state index >= 15 is 0 Å². The average Bonchev–Trinajstić information content (AvgIpc) is 3.20. The zero-order chi connectivity index (χ0) is 23.1. The third-order valence-electron chi connectivity index (χ3n) is 6.12. The maximum Gasteiger partial charge on any atom is 0.251 e. The van der Waals surface area contributed by atoms with Crippen molar-refractivity contribution in [3.05, 3.63) is 41.7 Å². The molecule has 0 spiro atoms. The van der Waals surface area contributed by atoms with Crippen molar-refractivity contribution in [3.8, 4) is 0 Å². The van der Waals surface area contributed by atoms with Crippen LogP contribution in [0.1, 0.15) is 75.6 Å². The van der Waals surface area contributed by atoms with Gasteiger partial charge in [-0.25, -0.2) is 0 Å². The molecule has 1 aromatic heterocycles. The Bertz CT molecular complexity index is 899. The number of carbonyl (C=O) groups is 2. The second kappa shape index (κ2) is 11.5. The van der Waals surface area contributed by atoms with E-state index in [0.717, 1.165) is 12.2 Å².